The maximum absolute atomic E-state index is 13.3. The summed E-state index contributed by atoms with van der Waals surface area (Å²) in [7, 11) is 0. The minimum atomic E-state index is -0.608. The van der Waals surface area contributed by atoms with E-state index in [1.165, 1.54) is 24.4 Å². The Balaban J connectivity index is 1.34. The van der Waals surface area contributed by atoms with Gasteiger partial charge >= 0.3 is 6.01 Å². The summed E-state index contributed by atoms with van der Waals surface area (Å²) in [5, 5.41) is 12.6. The van der Waals surface area contributed by atoms with Crippen LogP contribution in [0.2, 0.25) is 0 Å². The van der Waals surface area contributed by atoms with Crippen LogP contribution in [0.15, 0.2) is 91.9 Å². The molecule has 43 heavy (non-hydrogen) atoms. The van der Waals surface area contributed by atoms with E-state index in [-0.39, 0.29) is 17.8 Å². The van der Waals surface area contributed by atoms with Crippen LogP contribution in [-0.2, 0) is 11.3 Å². The first-order chi connectivity index (χ1) is 20.9. The molecule has 4 heterocycles. The van der Waals surface area contributed by atoms with Crippen LogP contribution < -0.4 is 15.4 Å². The Morgan fingerprint density at radius 3 is 2.72 bits per heavy atom. The average Bonchev–Trinajstić information content (AvgIpc) is 3.45. The second kappa shape index (κ2) is 11.6. The molecule has 6 aromatic rings. The molecule has 0 fully saturated rings. The van der Waals surface area contributed by atoms with Crippen molar-refractivity contribution in [2.24, 2.45) is 0 Å². The number of nitrogens with zero attached hydrogens (tertiary/aromatic N) is 6. The van der Waals surface area contributed by atoms with Crippen LogP contribution in [-0.4, -0.2) is 35.5 Å². The highest BCUT2D eigenvalue weighted by atomic mass is 19.1. The van der Waals surface area contributed by atoms with Crippen LogP contribution in [0.4, 0.5) is 16.0 Å². The Bertz CT molecular complexity index is 1970. The first-order valence-electron chi connectivity index (χ1n) is 13.6. The molecule has 10 nitrogen and oxygen atoms in total. The van der Waals surface area contributed by atoms with Gasteiger partial charge in [-0.25, -0.2) is 4.98 Å². The van der Waals surface area contributed by atoms with Gasteiger partial charge in [0.2, 0.25) is 17.8 Å². The molecule has 0 aliphatic carbocycles. The zero-order chi connectivity index (χ0) is 29.9. The van der Waals surface area contributed by atoms with Gasteiger partial charge in [0, 0.05) is 34.9 Å². The van der Waals surface area contributed by atoms with Crippen molar-refractivity contribution in [3.8, 4) is 23.0 Å². The fraction of sp³-hybridized carbons (Fsp3) is 0.125. The van der Waals surface area contributed by atoms with Crippen LogP contribution in [0.25, 0.3) is 27.7 Å². The van der Waals surface area contributed by atoms with Gasteiger partial charge in [0.1, 0.15) is 5.75 Å². The van der Waals surface area contributed by atoms with E-state index in [0.29, 0.717) is 29.6 Å². The maximum atomic E-state index is 13.3. The third-order valence-corrected chi connectivity index (χ3v) is 6.83. The Kier molecular flexibility index (Phi) is 7.44. The predicted molar refractivity (Wildman–Crippen MR) is 162 cm³/mol. The molecule has 0 unspecified atom stereocenters. The van der Waals surface area contributed by atoms with E-state index in [4.69, 9.17) is 9.72 Å². The number of hydrogen-bond donors (Lipinski definition) is 2. The molecule has 0 saturated heterocycles. The number of halogens is 1. The molecule has 0 aliphatic heterocycles. The molecule has 0 saturated carbocycles. The summed E-state index contributed by atoms with van der Waals surface area (Å²) in [5.41, 5.74) is 4.91. The molecule has 0 spiro atoms. The molecule has 6 rings (SSSR count). The number of ether oxygens (including phenoxy) is 1. The summed E-state index contributed by atoms with van der Waals surface area (Å²) >= 11 is 0. The molecule has 2 N–H and O–H groups in total. The molecule has 0 atom stereocenters. The summed E-state index contributed by atoms with van der Waals surface area (Å²) in [6, 6.07) is 18.3. The maximum Gasteiger partial charge on any atom is 0.327 e. The van der Waals surface area contributed by atoms with Gasteiger partial charge in [-0.2, -0.15) is 24.0 Å². The Labute approximate surface area is 246 Å². The first-order valence-corrected chi connectivity index (χ1v) is 13.6. The van der Waals surface area contributed by atoms with Crippen LogP contribution in [0.3, 0.4) is 0 Å². The summed E-state index contributed by atoms with van der Waals surface area (Å²) in [6.07, 6.45) is 6.03. The number of hydrogen-bond acceptors (Lipinski definition) is 8. The number of amides is 1. The summed E-state index contributed by atoms with van der Waals surface area (Å²) in [5.74, 6) is 0.00388. The predicted octanol–water partition coefficient (Wildman–Crippen LogP) is 6.53. The van der Waals surface area contributed by atoms with Crippen molar-refractivity contribution in [3.63, 3.8) is 0 Å². The molecule has 214 valence electrons. The largest absolute Gasteiger partial charge is 0.423 e. The van der Waals surface area contributed by atoms with Gasteiger partial charge in [0.05, 0.1) is 18.1 Å². The van der Waals surface area contributed by atoms with Gasteiger partial charge in [-0.05, 0) is 53.3 Å². The lowest BCUT2D eigenvalue weighted by molar-refractivity contribution is -0.111. The Morgan fingerprint density at radius 2 is 1.93 bits per heavy atom. The number of anilines is 2. The summed E-state index contributed by atoms with van der Waals surface area (Å²) < 4.78 is 20.8. The van der Waals surface area contributed by atoms with Gasteiger partial charge in [-0.1, -0.05) is 50.8 Å². The topological polar surface area (TPSA) is 119 Å². The first kappa shape index (κ1) is 27.5. The highest BCUT2D eigenvalue weighted by Gasteiger charge is 2.18. The number of carbonyl (C=O) groups excluding carboxylic acids is 1. The molecule has 11 heteroatoms. The zero-order valence-electron chi connectivity index (χ0n) is 23.5. The zero-order valence-corrected chi connectivity index (χ0v) is 23.5. The highest BCUT2D eigenvalue weighted by Crippen LogP contribution is 2.31. The Morgan fingerprint density at radius 1 is 1.07 bits per heavy atom. The molecular weight excluding hydrogens is 547 g/mol. The van der Waals surface area contributed by atoms with Gasteiger partial charge in [0.15, 0.2) is 5.65 Å². The average molecular weight is 575 g/mol. The van der Waals surface area contributed by atoms with Crippen molar-refractivity contribution in [3.05, 3.63) is 109 Å². The van der Waals surface area contributed by atoms with Crippen LogP contribution >= 0.6 is 0 Å². The van der Waals surface area contributed by atoms with Gasteiger partial charge < -0.3 is 15.4 Å². The lowest BCUT2D eigenvalue weighted by Gasteiger charge is -2.14. The van der Waals surface area contributed by atoms with E-state index in [0.717, 1.165) is 33.2 Å². The number of fused-ring (bicyclic) bond motifs is 2. The number of pyridine rings is 2. The van der Waals surface area contributed by atoms with E-state index in [1.807, 2.05) is 48.5 Å². The quantitative estimate of drug-likeness (QED) is 0.148. The van der Waals surface area contributed by atoms with E-state index >= 15 is 0 Å². The molecule has 0 radical (unpaired) electrons. The highest BCUT2D eigenvalue weighted by molar-refractivity contribution is 6.02. The van der Waals surface area contributed by atoms with Crippen molar-refractivity contribution in [2.45, 2.75) is 26.3 Å². The van der Waals surface area contributed by atoms with E-state index in [1.54, 1.807) is 16.9 Å². The van der Waals surface area contributed by atoms with Crippen molar-refractivity contribution in [2.75, 3.05) is 10.6 Å². The SMILES string of the molecule is C=CC(=O)Nc1ccc2c(-c3ccccc3CNc3nc(Oc4ccc(F)nc4)nc4c(C(C)C)cnn34)nccc2c1. The summed E-state index contributed by atoms with van der Waals surface area (Å²) in [4.78, 5) is 29.3. The van der Waals surface area contributed by atoms with Gasteiger partial charge in [0.25, 0.3) is 0 Å². The third-order valence-electron chi connectivity index (χ3n) is 6.83. The van der Waals surface area contributed by atoms with E-state index in [2.05, 4.69) is 51.1 Å². The minimum Gasteiger partial charge on any atom is -0.423 e. The van der Waals surface area contributed by atoms with Gasteiger partial charge in [-0.15, -0.1) is 0 Å². The molecule has 0 bridgehead atoms. The van der Waals surface area contributed by atoms with Crippen LogP contribution in [0.1, 0.15) is 30.9 Å². The number of rotatable bonds is 9. The van der Waals surface area contributed by atoms with Crippen LogP contribution in [0, 0.1) is 5.95 Å². The monoisotopic (exact) mass is 574 g/mol. The molecule has 1 amide bonds. The second-order valence-electron chi connectivity index (χ2n) is 10.0. The lowest BCUT2D eigenvalue weighted by Crippen LogP contribution is -2.11. The second-order valence-corrected chi connectivity index (χ2v) is 10.0. The third kappa shape index (κ3) is 5.73. The lowest BCUT2D eigenvalue weighted by atomic mass is 9.99. The van der Waals surface area contributed by atoms with E-state index in [9.17, 15) is 9.18 Å². The fourth-order valence-electron chi connectivity index (χ4n) is 4.71. The number of aromatic nitrogens is 6. The molecule has 2 aromatic carbocycles. The molecular formula is C32H27FN8O2. The van der Waals surface area contributed by atoms with Crippen molar-refractivity contribution in [1.29, 1.82) is 0 Å². The fourth-order valence-corrected chi connectivity index (χ4v) is 4.71. The number of nitrogens with one attached hydrogen (secondary N) is 2. The van der Waals surface area contributed by atoms with E-state index < -0.39 is 5.95 Å². The van der Waals surface area contributed by atoms with Gasteiger partial charge in [-0.3, -0.25) is 9.78 Å². The molecule has 4 aromatic heterocycles. The number of carbonyl (C=O) groups is 1. The minimum absolute atomic E-state index is 0.0779. The number of benzene rings is 2. The smallest absolute Gasteiger partial charge is 0.327 e. The van der Waals surface area contributed by atoms with Crippen molar-refractivity contribution in [1.82, 2.24) is 29.5 Å². The van der Waals surface area contributed by atoms with Crippen LogP contribution in [0.5, 0.6) is 11.8 Å². The summed E-state index contributed by atoms with van der Waals surface area (Å²) in [6.45, 7) is 8.01. The van der Waals surface area contributed by atoms with Crippen molar-refractivity contribution < 1.29 is 13.9 Å². The standard InChI is InChI=1S/C32H27FN8O2/c1-4-28(42)38-22-9-11-25-20(15-22)13-14-34-29(25)24-8-6-5-7-21(24)16-36-31-40-32(43-23-10-12-27(33)35-17-23)39-30-26(19(2)3)18-37-41(30)31/h4-15,17-19H,1,16H2,2-3H3,(H,38,42)(H,36,39,40). The molecule has 0 aliphatic rings. The van der Waals surface area contributed by atoms with Crippen molar-refractivity contribution >= 4 is 34.0 Å². The normalized spacial score (nSPS) is 11.2. The Hall–Kier alpha value is -5.71.